The molecule has 0 spiro atoms. The van der Waals surface area contributed by atoms with Crippen molar-refractivity contribution >= 4 is 11.9 Å². The first kappa shape index (κ1) is 45.9. The first-order chi connectivity index (χ1) is 23.6. The fraction of sp³-hybridized carbons (Fsp3) is 0.767. The lowest BCUT2D eigenvalue weighted by atomic mass is 10.1. The van der Waals surface area contributed by atoms with Gasteiger partial charge in [0.2, 0.25) is 0 Å². The van der Waals surface area contributed by atoms with Crippen LogP contribution in [0.15, 0.2) is 48.6 Å². The Morgan fingerprint density at radius 1 is 0.458 bits per heavy atom. The molecule has 0 aromatic heterocycles. The van der Waals surface area contributed by atoms with Crippen LogP contribution < -0.4 is 0 Å². The van der Waals surface area contributed by atoms with Gasteiger partial charge in [-0.1, -0.05) is 159 Å². The van der Waals surface area contributed by atoms with Crippen molar-refractivity contribution < 1.29 is 24.2 Å². The van der Waals surface area contributed by atoms with Crippen LogP contribution in [0.2, 0.25) is 0 Å². The number of ether oxygens (including phenoxy) is 2. The third-order valence-corrected chi connectivity index (χ3v) is 8.55. The zero-order valence-corrected chi connectivity index (χ0v) is 31.5. The summed E-state index contributed by atoms with van der Waals surface area (Å²) in [6.07, 6.45) is 48.8. The summed E-state index contributed by atoms with van der Waals surface area (Å²) in [6, 6.07) is 0. The summed E-state index contributed by atoms with van der Waals surface area (Å²) in [5, 5.41) is 10.0. The molecule has 1 atom stereocenters. The van der Waals surface area contributed by atoms with Gasteiger partial charge in [0.05, 0.1) is 0 Å². The highest BCUT2D eigenvalue weighted by molar-refractivity contribution is 5.69. The van der Waals surface area contributed by atoms with Crippen molar-refractivity contribution in [2.24, 2.45) is 0 Å². The quantitative estimate of drug-likeness (QED) is 0.0407. The largest absolute Gasteiger partial charge is 0.463 e. The van der Waals surface area contributed by atoms with Crippen LogP contribution in [0, 0.1) is 0 Å². The molecule has 5 heteroatoms. The monoisotopic (exact) mass is 673 g/mol. The highest BCUT2D eigenvalue weighted by Crippen LogP contribution is 2.13. The Hall–Kier alpha value is -2.14. The van der Waals surface area contributed by atoms with E-state index in [9.17, 15) is 14.7 Å². The number of carbonyl (C=O) groups is 2. The second kappa shape index (κ2) is 39.3. The van der Waals surface area contributed by atoms with Gasteiger partial charge in [0.1, 0.15) is 19.3 Å². The van der Waals surface area contributed by atoms with Crippen LogP contribution in [0.5, 0.6) is 0 Å². The lowest BCUT2D eigenvalue weighted by Gasteiger charge is -2.12. The topological polar surface area (TPSA) is 72.8 Å². The smallest absolute Gasteiger partial charge is 0.305 e. The van der Waals surface area contributed by atoms with Crippen LogP contribution in [0.1, 0.15) is 194 Å². The van der Waals surface area contributed by atoms with Crippen LogP contribution in [0.25, 0.3) is 0 Å². The van der Waals surface area contributed by atoms with Crippen LogP contribution >= 0.6 is 0 Å². The van der Waals surface area contributed by atoms with Crippen molar-refractivity contribution in [3.8, 4) is 0 Å². The van der Waals surface area contributed by atoms with Gasteiger partial charge in [-0.25, -0.2) is 0 Å². The molecule has 0 amide bonds. The van der Waals surface area contributed by atoms with E-state index in [-0.39, 0.29) is 25.2 Å². The van der Waals surface area contributed by atoms with Crippen LogP contribution in [0.4, 0.5) is 0 Å². The predicted molar refractivity (Wildman–Crippen MR) is 205 cm³/mol. The Morgan fingerprint density at radius 3 is 1.21 bits per heavy atom. The summed E-state index contributed by atoms with van der Waals surface area (Å²) in [7, 11) is 0. The van der Waals surface area contributed by atoms with Crippen molar-refractivity contribution in [1.82, 2.24) is 0 Å². The molecule has 0 fully saturated rings. The first-order valence-corrected chi connectivity index (χ1v) is 20.2. The third kappa shape index (κ3) is 38.3. The molecule has 48 heavy (non-hydrogen) atoms. The number of aliphatic hydroxyl groups excluding tert-OH is 1. The number of esters is 2. The number of aliphatic hydroxyl groups is 1. The van der Waals surface area contributed by atoms with Crippen molar-refractivity contribution in [3.05, 3.63) is 48.6 Å². The highest BCUT2D eigenvalue weighted by Gasteiger charge is 2.12. The molecule has 0 saturated heterocycles. The number of rotatable bonds is 36. The Kier molecular flexibility index (Phi) is 37.5. The molecule has 0 aromatic rings. The SMILES string of the molecule is CC/C=C\C/C=C\C/C=C\CCCCCCCC(=O)OC[C@H](O)COC(=O)CCCCCCCCCCC/C=C\CCCCCCCC. The zero-order chi connectivity index (χ0) is 35.0. The van der Waals surface area contributed by atoms with E-state index in [0.717, 1.165) is 64.2 Å². The Bertz CT molecular complexity index is 812. The first-order valence-electron chi connectivity index (χ1n) is 20.2. The average molecular weight is 673 g/mol. The molecular formula is C43H76O5. The summed E-state index contributed by atoms with van der Waals surface area (Å²) in [5.74, 6) is -0.586. The van der Waals surface area contributed by atoms with Gasteiger partial charge in [-0.2, -0.15) is 0 Å². The Balaban J connectivity index is 3.45. The molecule has 0 saturated carbocycles. The predicted octanol–water partition coefficient (Wildman–Crippen LogP) is 12.6. The van der Waals surface area contributed by atoms with E-state index in [1.165, 1.54) is 103 Å². The minimum Gasteiger partial charge on any atom is -0.463 e. The minimum atomic E-state index is -0.972. The number of carbonyl (C=O) groups excluding carboxylic acids is 2. The van der Waals surface area contributed by atoms with Gasteiger partial charge < -0.3 is 14.6 Å². The van der Waals surface area contributed by atoms with E-state index >= 15 is 0 Å². The van der Waals surface area contributed by atoms with Crippen molar-refractivity contribution in [1.29, 1.82) is 0 Å². The maximum absolute atomic E-state index is 12.0. The third-order valence-electron chi connectivity index (χ3n) is 8.55. The molecule has 5 nitrogen and oxygen atoms in total. The fourth-order valence-corrected chi connectivity index (χ4v) is 5.51. The molecule has 0 unspecified atom stereocenters. The summed E-state index contributed by atoms with van der Waals surface area (Å²) >= 11 is 0. The molecule has 0 rings (SSSR count). The molecule has 1 N–H and O–H groups in total. The maximum atomic E-state index is 12.0. The molecule has 0 radical (unpaired) electrons. The molecule has 0 aliphatic heterocycles. The number of allylic oxidation sites excluding steroid dienone is 8. The molecule has 0 aliphatic rings. The minimum absolute atomic E-state index is 0.123. The van der Waals surface area contributed by atoms with E-state index in [1.54, 1.807) is 0 Å². The van der Waals surface area contributed by atoms with Gasteiger partial charge in [-0.3, -0.25) is 9.59 Å². The summed E-state index contributed by atoms with van der Waals surface area (Å²) in [4.78, 5) is 23.9. The van der Waals surface area contributed by atoms with E-state index in [4.69, 9.17) is 9.47 Å². The molecule has 278 valence electrons. The Morgan fingerprint density at radius 2 is 0.792 bits per heavy atom. The number of hydrogen-bond donors (Lipinski definition) is 1. The molecule has 0 heterocycles. The van der Waals surface area contributed by atoms with Gasteiger partial charge in [0, 0.05) is 12.8 Å². The highest BCUT2D eigenvalue weighted by atomic mass is 16.6. The number of unbranched alkanes of at least 4 members (excludes halogenated alkanes) is 20. The molecule has 0 aliphatic carbocycles. The number of hydrogen-bond acceptors (Lipinski definition) is 5. The van der Waals surface area contributed by atoms with Crippen LogP contribution in [0.3, 0.4) is 0 Å². The molecular weight excluding hydrogens is 596 g/mol. The van der Waals surface area contributed by atoms with E-state index in [2.05, 4.69) is 62.5 Å². The summed E-state index contributed by atoms with van der Waals surface area (Å²) in [5.41, 5.74) is 0. The van der Waals surface area contributed by atoms with Gasteiger partial charge in [0.25, 0.3) is 0 Å². The van der Waals surface area contributed by atoms with Gasteiger partial charge >= 0.3 is 11.9 Å². The van der Waals surface area contributed by atoms with Crippen molar-refractivity contribution in [2.45, 2.75) is 200 Å². The van der Waals surface area contributed by atoms with Gasteiger partial charge in [0.15, 0.2) is 0 Å². The maximum Gasteiger partial charge on any atom is 0.305 e. The van der Waals surface area contributed by atoms with Crippen molar-refractivity contribution in [3.63, 3.8) is 0 Å². The molecule has 0 bridgehead atoms. The lowest BCUT2D eigenvalue weighted by molar-refractivity contribution is -0.152. The van der Waals surface area contributed by atoms with Crippen LogP contribution in [-0.4, -0.2) is 36.4 Å². The van der Waals surface area contributed by atoms with E-state index in [1.807, 2.05) is 0 Å². The Labute approximate surface area is 297 Å². The van der Waals surface area contributed by atoms with Crippen LogP contribution in [-0.2, 0) is 19.1 Å². The second-order valence-electron chi connectivity index (χ2n) is 13.4. The van der Waals surface area contributed by atoms with Crippen molar-refractivity contribution in [2.75, 3.05) is 13.2 Å². The average Bonchev–Trinajstić information content (AvgIpc) is 3.09. The summed E-state index contributed by atoms with van der Waals surface area (Å²) in [6.45, 7) is 4.17. The van der Waals surface area contributed by atoms with E-state index < -0.39 is 6.10 Å². The van der Waals surface area contributed by atoms with Gasteiger partial charge in [-0.15, -0.1) is 0 Å². The molecule has 0 aromatic carbocycles. The summed E-state index contributed by atoms with van der Waals surface area (Å²) < 4.78 is 10.3. The lowest BCUT2D eigenvalue weighted by Crippen LogP contribution is -2.25. The standard InChI is InChI=1S/C43H76O5/c1-3-5-7-9-11-13-15-17-19-20-21-22-24-26-28-30-32-34-36-38-43(46)48-40-41(44)39-47-42(45)37-35-33-31-29-27-25-23-18-16-14-12-10-8-6-4-2/h6,8,12,14,17-19,23,41,44H,3-5,7,9-11,13,15-16,20-22,24-40H2,1-2H3/b8-6-,14-12-,19-17-,23-18-/t41-/m0/s1. The second-order valence-corrected chi connectivity index (χ2v) is 13.4. The zero-order valence-electron chi connectivity index (χ0n) is 31.5. The van der Waals surface area contributed by atoms with Gasteiger partial charge in [-0.05, 0) is 70.6 Å². The van der Waals surface area contributed by atoms with E-state index in [0.29, 0.717) is 12.8 Å². The fourth-order valence-electron chi connectivity index (χ4n) is 5.51. The normalized spacial score (nSPS) is 12.6.